The third kappa shape index (κ3) is 5.47. The van der Waals surface area contributed by atoms with Gasteiger partial charge in [0.1, 0.15) is 5.75 Å². The Balaban J connectivity index is 1.79. The molecular weight excluding hydrogens is 368 g/mol. The average Bonchev–Trinajstić information content (AvgIpc) is 3.15. The van der Waals surface area contributed by atoms with E-state index in [-0.39, 0.29) is 6.10 Å². The molecule has 4 N–H and O–H groups in total. The van der Waals surface area contributed by atoms with Gasteiger partial charge >= 0.3 is 0 Å². The lowest BCUT2D eigenvalue weighted by Gasteiger charge is -2.24. The van der Waals surface area contributed by atoms with Gasteiger partial charge in [0.05, 0.1) is 35.3 Å². The summed E-state index contributed by atoms with van der Waals surface area (Å²) >= 11 is 0. The molecule has 2 aromatic rings. The second-order valence-corrected chi connectivity index (χ2v) is 7.66. The number of hydrogen-bond donors (Lipinski definition) is 2. The predicted molar refractivity (Wildman–Crippen MR) is 112 cm³/mol. The maximum Gasteiger partial charge on any atom is 0.226 e. The highest BCUT2D eigenvalue weighted by atomic mass is 16.5. The van der Waals surface area contributed by atoms with Gasteiger partial charge in [-0.15, -0.1) is 0 Å². The summed E-state index contributed by atoms with van der Waals surface area (Å²) in [7, 11) is 1.74. The van der Waals surface area contributed by atoms with Crippen molar-refractivity contribution in [2.45, 2.75) is 71.3 Å². The molecule has 2 aromatic heterocycles. The van der Waals surface area contributed by atoms with E-state index in [4.69, 9.17) is 20.8 Å². The first-order valence-electron chi connectivity index (χ1n) is 10.4. The molecule has 0 aliphatic heterocycles. The number of rotatable bonds is 8. The number of hydrogen-bond acceptors (Lipinski definition) is 8. The number of allylic oxidation sites excluding steroid dienone is 1. The SMILES string of the molecule is CCCc1nc(C/C(=C(/N)c2ccc(OC3CCCCC3)c(C)n2)N(C)N)no1. The van der Waals surface area contributed by atoms with Crippen molar-refractivity contribution in [2.75, 3.05) is 7.05 Å². The van der Waals surface area contributed by atoms with E-state index in [1.54, 1.807) is 7.05 Å². The molecule has 0 radical (unpaired) electrons. The van der Waals surface area contributed by atoms with Crippen LogP contribution in [0.25, 0.3) is 5.70 Å². The molecule has 1 aliphatic rings. The van der Waals surface area contributed by atoms with Crippen LogP contribution in [0.5, 0.6) is 5.75 Å². The van der Waals surface area contributed by atoms with Crippen LogP contribution in [0.4, 0.5) is 0 Å². The third-order valence-corrected chi connectivity index (χ3v) is 5.20. The van der Waals surface area contributed by atoms with Gasteiger partial charge in [-0.1, -0.05) is 18.5 Å². The number of nitrogens with two attached hydrogens (primary N) is 2. The number of ether oxygens (including phenoxy) is 1. The topological polar surface area (TPSA) is 116 Å². The van der Waals surface area contributed by atoms with Crippen LogP contribution in [-0.2, 0) is 12.8 Å². The molecule has 0 bridgehead atoms. The van der Waals surface area contributed by atoms with Crippen molar-refractivity contribution in [3.05, 3.63) is 40.9 Å². The van der Waals surface area contributed by atoms with Crippen LogP contribution in [0.1, 0.15) is 68.6 Å². The molecule has 1 fully saturated rings. The minimum absolute atomic E-state index is 0.282. The van der Waals surface area contributed by atoms with E-state index in [1.165, 1.54) is 24.3 Å². The second-order valence-electron chi connectivity index (χ2n) is 7.66. The Bertz CT molecular complexity index is 839. The van der Waals surface area contributed by atoms with Crippen molar-refractivity contribution in [1.29, 1.82) is 0 Å². The van der Waals surface area contributed by atoms with Crippen molar-refractivity contribution in [1.82, 2.24) is 20.1 Å². The zero-order valence-corrected chi connectivity index (χ0v) is 17.6. The fourth-order valence-corrected chi connectivity index (χ4v) is 3.57. The van der Waals surface area contributed by atoms with Crippen LogP contribution in [0.3, 0.4) is 0 Å². The van der Waals surface area contributed by atoms with Gasteiger partial charge in [0, 0.05) is 13.5 Å². The quantitative estimate of drug-likeness (QED) is 0.513. The van der Waals surface area contributed by atoms with Gasteiger partial charge in [-0.25, -0.2) is 10.8 Å². The summed E-state index contributed by atoms with van der Waals surface area (Å²) in [6, 6.07) is 3.82. The molecule has 1 aliphatic carbocycles. The maximum atomic E-state index is 6.43. The molecule has 2 heterocycles. The average molecular weight is 401 g/mol. The Morgan fingerprint density at radius 3 is 2.66 bits per heavy atom. The summed E-state index contributed by atoms with van der Waals surface area (Å²) < 4.78 is 11.4. The molecule has 1 saturated carbocycles. The minimum Gasteiger partial charge on any atom is -0.489 e. The molecule has 0 saturated heterocycles. The van der Waals surface area contributed by atoms with Gasteiger partial charge in [0.15, 0.2) is 5.82 Å². The second kappa shape index (κ2) is 9.73. The molecule has 158 valence electrons. The van der Waals surface area contributed by atoms with Gasteiger partial charge in [0.25, 0.3) is 0 Å². The van der Waals surface area contributed by atoms with Gasteiger partial charge in [-0.2, -0.15) is 4.98 Å². The van der Waals surface area contributed by atoms with Gasteiger partial charge in [-0.3, -0.25) is 0 Å². The lowest BCUT2D eigenvalue weighted by molar-refractivity contribution is 0.153. The number of likely N-dealkylation sites (N-methyl/N-ethyl adjacent to an activating group) is 1. The van der Waals surface area contributed by atoms with Crippen molar-refractivity contribution in [3.8, 4) is 5.75 Å². The van der Waals surface area contributed by atoms with Crippen molar-refractivity contribution >= 4 is 5.70 Å². The first-order chi connectivity index (χ1) is 14.0. The summed E-state index contributed by atoms with van der Waals surface area (Å²) in [6.07, 6.45) is 8.32. The molecule has 3 rings (SSSR count). The Morgan fingerprint density at radius 2 is 2.00 bits per heavy atom. The lowest BCUT2D eigenvalue weighted by Crippen LogP contribution is -2.29. The van der Waals surface area contributed by atoms with E-state index >= 15 is 0 Å². The lowest BCUT2D eigenvalue weighted by atomic mass is 9.98. The first-order valence-corrected chi connectivity index (χ1v) is 10.4. The molecule has 0 atom stereocenters. The van der Waals surface area contributed by atoms with Crippen LogP contribution in [0.2, 0.25) is 0 Å². The summed E-state index contributed by atoms with van der Waals surface area (Å²) in [4.78, 5) is 9.07. The number of hydrazine groups is 1. The van der Waals surface area contributed by atoms with E-state index in [2.05, 4.69) is 22.0 Å². The Morgan fingerprint density at radius 1 is 1.24 bits per heavy atom. The van der Waals surface area contributed by atoms with E-state index < -0.39 is 0 Å². The highest BCUT2D eigenvalue weighted by molar-refractivity contribution is 5.63. The van der Waals surface area contributed by atoms with Crippen molar-refractivity contribution in [3.63, 3.8) is 0 Å². The van der Waals surface area contributed by atoms with E-state index in [1.807, 2.05) is 19.1 Å². The smallest absolute Gasteiger partial charge is 0.226 e. The molecule has 0 unspecified atom stereocenters. The molecule has 0 spiro atoms. The number of pyridine rings is 1. The minimum atomic E-state index is 0.282. The summed E-state index contributed by atoms with van der Waals surface area (Å²) in [5.41, 5.74) is 9.07. The normalized spacial score (nSPS) is 15.9. The van der Waals surface area contributed by atoms with Crippen molar-refractivity contribution in [2.24, 2.45) is 11.6 Å². The molecular formula is C21H32N6O2. The zero-order valence-electron chi connectivity index (χ0n) is 17.6. The summed E-state index contributed by atoms with van der Waals surface area (Å²) in [5.74, 6) is 8.03. The molecule has 8 nitrogen and oxygen atoms in total. The third-order valence-electron chi connectivity index (χ3n) is 5.20. The molecule has 8 heteroatoms. The molecule has 0 aromatic carbocycles. The van der Waals surface area contributed by atoms with Crippen LogP contribution < -0.4 is 16.3 Å². The maximum absolute atomic E-state index is 6.43. The largest absolute Gasteiger partial charge is 0.489 e. The fraction of sp³-hybridized carbons (Fsp3) is 0.571. The Kier molecular flexibility index (Phi) is 7.09. The van der Waals surface area contributed by atoms with Crippen LogP contribution in [0, 0.1) is 6.92 Å². The number of nitrogens with zero attached hydrogens (tertiary/aromatic N) is 4. The Labute approximate surface area is 172 Å². The van der Waals surface area contributed by atoms with E-state index in [0.29, 0.717) is 35.2 Å². The number of aryl methyl sites for hydroxylation is 2. The highest BCUT2D eigenvalue weighted by Gasteiger charge is 2.18. The molecule has 29 heavy (non-hydrogen) atoms. The Hall–Kier alpha value is -2.61. The standard InChI is InChI=1S/C21H32N6O2/c1-4-8-20-25-19(26-29-20)13-17(27(3)23)21(22)16-11-12-18(14(2)24-16)28-15-9-6-5-7-10-15/h11-12,15H,4-10,13,22-23H2,1-3H3/b21-17-. The van der Waals surface area contributed by atoms with Gasteiger partial charge in [0.2, 0.25) is 5.89 Å². The van der Waals surface area contributed by atoms with Crippen molar-refractivity contribution < 1.29 is 9.26 Å². The summed E-state index contributed by atoms with van der Waals surface area (Å²) in [6.45, 7) is 4.01. The number of aromatic nitrogens is 3. The van der Waals surface area contributed by atoms with Crippen LogP contribution in [0.15, 0.2) is 22.4 Å². The predicted octanol–water partition coefficient (Wildman–Crippen LogP) is 3.11. The van der Waals surface area contributed by atoms with Crippen LogP contribution in [-0.4, -0.2) is 33.3 Å². The highest BCUT2D eigenvalue weighted by Crippen LogP contribution is 2.26. The van der Waals surface area contributed by atoms with Gasteiger partial charge in [-0.05, 0) is 51.2 Å². The van der Waals surface area contributed by atoms with Gasteiger partial charge < -0.3 is 20.0 Å². The first kappa shape index (κ1) is 21.1. The van der Waals surface area contributed by atoms with E-state index in [0.717, 1.165) is 37.1 Å². The summed E-state index contributed by atoms with van der Waals surface area (Å²) in [5, 5.41) is 5.51. The van der Waals surface area contributed by atoms with Crippen LogP contribution >= 0.6 is 0 Å². The molecule has 0 amide bonds. The van der Waals surface area contributed by atoms with E-state index in [9.17, 15) is 0 Å². The monoisotopic (exact) mass is 400 g/mol. The fourth-order valence-electron chi connectivity index (χ4n) is 3.57. The zero-order chi connectivity index (χ0) is 20.8.